The SMILES string of the molecule is CCCCCCCCOCCOCCOCCOCC. The Labute approximate surface area is 125 Å². The molecule has 0 aromatic carbocycles. The average Bonchev–Trinajstić information content (AvgIpc) is 2.47. The molecule has 0 spiro atoms. The van der Waals surface area contributed by atoms with Gasteiger partial charge in [-0.25, -0.2) is 0 Å². The molecule has 0 rings (SSSR count). The number of hydrogen-bond acceptors (Lipinski definition) is 4. The highest BCUT2D eigenvalue weighted by Crippen LogP contribution is 2.04. The fourth-order valence-corrected chi connectivity index (χ4v) is 1.79. The van der Waals surface area contributed by atoms with Crippen LogP contribution in [-0.4, -0.2) is 52.9 Å². The molecule has 0 aromatic rings. The molecule has 20 heavy (non-hydrogen) atoms. The first kappa shape index (κ1) is 19.8. The van der Waals surface area contributed by atoms with Crippen LogP contribution in [-0.2, 0) is 18.9 Å². The molecule has 0 N–H and O–H groups in total. The van der Waals surface area contributed by atoms with Gasteiger partial charge in [-0.3, -0.25) is 0 Å². The minimum absolute atomic E-state index is 0.629. The Balaban J connectivity index is 2.89. The van der Waals surface area contributed by atoms with Crippen LogP contribution in [0.3, 0.4) is 0 Å². The van der Waals surface area contributed by atoms with Gasteiger partial charge in [-0.1, -0.05) is 39.0 Å². The molecule has 0 radical (unpaired) electrons. The van der Waals surface area contributed by atoms with E-state index in [1.165, 1.54) is 38.5 Å². The monoisotopic (exact) mass is 290 g/mol. The lowest BCUT2D eigenvalue weighted by Gasteiger charge is -2.07. The summed E-state index contributed by atoms with van der Waals surface area (Å²) < 4.78 is 21.4. The standard InChI is InChI=1S/C16H34O4/c1-3-5-6-7-8-9-10-18-13-14-20-16-15-19-12-11-17-4-2/h3-16H2,1-2H3. The zero-order valence-electron chi connectivity index (χ0n) is 13.5. The average molecular weight is 290 g/mol. The van der Waals surface area contributed by atoms with Crippen LogP contribution in [0.25, 0.3) is 0 Å². The van der Waals surface area contributed by atoms with Gasteiger partial charge in [-0.15, -0.1) is 0 Å². The topological polar surface area (TPSA) is 36.9 Å². The number of unbranched alkanes of at least 4 members (excludes halogenated alkanes) is 5. The maximum atomic E-state index is 5.51. The summed E-state index contributed by atoms with van der Waals surface area (Å²) in [6.45, 7) is 9.75. The first-order valence-corrected chi connectivity index (χ1v) is 8.22. The highest BCUT2D eigenvalue weighted by Gasteiger charge is 1.93. The van der Waals surface area contributed by atoms with E-state index < -0.39 is 0 Å². The summed E-state index contributed by atoms with van der Waals surface area (Å²) in [5, 5.41) is 0. The summed E-state index contributed by atoms with van der Waals surface area (Å²) in [6, 6.07) is 0. The fourth-order valence-electron chi connectivity index (χ4n) is 1.79. The van der Waals surface area contributed by atoms with E-state index >= 15 is 0 Å². The Morgan fingerprint density at radius 2 is 0.900 bits per heavy atom. The van der Waals surface area contributed by atoms with Crippen molar-refractivity contribution in [2.45, 2.75) is 52.4 Å². The van der Waals surface area contributed by atoms with E-state index in [2.05, 4.69) is 6.92 Å². The van der Waals surface area contributed by atoms with Crippen LogP contribution in [0.1, 0.15) is 52.4 Å². The quantitative estimate of drug-likeness (QED) is 0.385. The van der Waals surface area contributed by atoms with Crippen LogP contribution in [0, 0.1) is 0 Å². The zero-order chi connectivity index (χ0) is 14.7. The van der Waals surface area contributed by atoms with E-state index in [4.69, 9.17) is 18.9 Å². The molecule has 0 saturated carbocycles. The Morgan fingerprint density at radius 3 is 1.45 bits per heavy atom. The second kappa shape index (κ2) is 18.8. The van der Waals surface area contributed by atoms with Crippen LogP contribution < -0.4 is 0 Å². The molecule has 0 aliphatic carbocycles. The van der Waals surface area contributed by atoms with Gasteiger partial charge in [0.05, 0.1) is 39.6 Å². The molecule has 4 nitrogen and oxygen atoms in total. The minimum Gasteiger partial charge on any atom is -0.379 e. The van der Waals surface area contributed by atoms with Crippen LogP contribution in [0.2, 0.25) is 0 Å². The van der Waals surface area contributed by atoms with Crippen molar-refractivity contribution in [1.29, 1.82) is 0 Å². The maximum absolute atomic E-state index is 5.51. The Bertz CT molecular complexity index is 147. The van der Waals surface area contributed by atoms with Gasteiger partial charge in [0, 0.05) is 13.2 Å². The third-order valence-electron chi connectivity index (χ3n) is 2.96. The molecule has 0 fully saturated rings. The summed E-state index contributed by atoms with van der Waals surface area (Å²) in [5.74, 6) is 0. The van der Waals surface area contributed by atoms with E-state index in [0.717, 1.165) is 13.2 Å². The van der Waals surface area contributed by atoms with Crippen LogP contribution in [0.15, 0.2) is 0 Å². The lowest BCUT2D eigenvalue weighted by molar-refractivity contribution is -0.000840. The molecule has 0 unspecified atom stereocenters. The molecule has 0 heterocycles. The largest absolute Gasteiger partial charge is 0.379 e. The van der Waals surface area contributed by atoms with E-state index in [1.807, 2.05) is 6.92 Å². The van der Waals surface area contributed by atoms with Crippen LogP contribution >= 0.6 is 0 Å². The van der Waals surface area contributed by atoms with Crippen molar-refractivity contribution in [3.8, 4) is 0 Å². The van der Waals surface area contributed by atoms with Gasteiger partial charge in [0.15, 0.2) is 0 Å². The van der Waals surface area contributed by atoms with Gasteiger partial charge in [0.2, 0.25) is 0 Å². The van der Waals surface area contributed by atoms with E-state index in [-0.39, 0.29) is 0 Å². The van der Waals surface area contributed by atoms with Gasteiger partial charge in [-0.05, 0) is 13.3 Å². The predicted octanol–water partition coefficient (Wildman–Crippen LogP) is 3.43. The number of hydrogen-bond donors (Lipinski definition) is 0. The molecular weight excluding hydrogens is 256 g/mol. The first-order valence-electron chi connectivity index (χ1n) is 8.22. The molecule has 0 bridgehead atoms. The van der Waals surface area contributed by atoms with Crippen molar-refractivity contribution in [2.24, 2.45) is 0 Å². The van der Waals surface area contributed by atoms with Gasteiger partial charge >= 0.3 is 0 Å². The van der Waals surface area contributed by atoms with E-state index in [0.29, 0.717) is 39.6 Å². The van der Waals surface area contributed by atoms with E-state index in [1.54, 1.807) is 0 Å². The summed E-state index contributed by atoms with van der Waals surface area (Å²) in [5.41, 5.74) is 0. The molecule has 0 aliphatic heterocycles. The Hall–Kier alpha value is -0.160. The number of ether oxygens (including phenoxy) is 4. The molecule has 0 aliphatic rings. The van der Waals surface area contributed by atoms with Gasteiger partial charge < -0.3 is 18.9 Å². The smallest absolute Gasteiger partial charge is 0.0701 e. The molecule has 0 saturated heterocycles. The van der Waals surface area contributed by atoms with Gasteiger partial charge in [0.25, 0.3) is 0 Å². The highest BCUT2D eigenvalue weighted by atomic mass is 16.6. The minimum atomic E-state index is 0.629. The van der Waals surface area contributed by atoms with Crippen LogP contribution in [0.5, 0.6) is 0 Å². The summed E-state index contributed by atoms with van der Waals surface area (Å²) in [7, 11) is 0. The molecule has 0 atom stereocenters. The van der Waals surface area contributed by atoms with Gasteiger partial charge in [-0.2, -0.15) is 0 Å². The molecule has 0 aromatic heterocycles. The fraction of sp³-hybridized carbons (Fsp3) is 1.00. The molecular formula is C16H34O4. The first-order chi connectivity index (χ1) is 9.91. The summed E-state index contributed by atoms with van der Waals surface area (Å²) >= 11 is 0. The predicted molar refractivity (Wildman–Crippen MR) is 82.3 cm³/mol. The summed E-state index contributed by atoms with van der Waals surface area (Å²) in [4.78, 5) is 0. The second-order valence-corrected chi connectivity index (χ2v) is 4.80. The van der Waals surface area contributed by atoms with Gasteiger partial charge in [0.1, 0.15) is 0 Å². The van der Waals surface area contributed by atoms with E-state index in [9.17, 15) is 0 Å². The highest BCUT2D eigenvalue weighted by molar-refractivity contribution is 4.43. The second-order valence-electron chi connectivity index (χ2n) is 4.80. The van der Waals surface area contributed by atoms with Crippen molar-refractivity contribution >= 4 is 0 Å². The summed E-state index contributed by atoms with van der Waals surface area (Å²) in [6.07, 6.45) is 7.83. The molecule has 4 heteroatoms. The Kier molecular flexibility index (Phi) is 18.7. The van der Waals surface area contributed by atoms with Crippen molar-refractivity contribution in [3.05, 3.63) is 0 Å². The third-order valence-corrected chi connectivity index (χ3v) is 2.96. The lowest BCUT2D eigenvalue weighted by atomic mass is 10.1. The number of rotatable bonds is 17. The van der Waals surface area contributed by atoms with Crippen molar-refractivity contribution in [1.82, 2.24) is 0 Å². The van der Waals surface area contributed by atoms with Crippen LogP contribution in [0.4, 0.5) is 0 Å². The maximum Gasteiger partial charge on any atom is 0.0701 e. The lowest BCUT2D eigenvalue weighted by Crippen LogP contribution is -2.12. The Morgan fingerprint density at radius 1 is 0.450 bits per heavy atom. The molecule has 0 amide bonds. The normalized spacial score (nSPS) is 11.1. The van der Waals surface area contributed by atoms with Crippen molar-refractivity contribution < 1.29 is 18.9 Å². The van der Waals surface area contributed by atoms with Crippen molar-refractivity contribution in [3.63, 3.8) is 0 Å². The third kappa shape index (κ3) is 17.8. The molecule has 122 valence electrons. The zero-order valence-corrected chi connectivity index (χ0v) is 13.5. The van der Waals surface area contributed by atoms with Crippen molar-refractivity contribution in [2.75, 3.05) is 52.9 Å².